The minimum absolute atomic E-state index is 0.543. The van der Waals surface area contributed by atoms with Crippen LogP contribution in [0.3, 0.4) is 0 Å². The zero-order chi connectivity index (χ0) is 13.0. The van der Waals surface area contributed by atoms with Crippen molar-refractivity contribution in [2.24, 2.45) is 0 Å². The molecule has 0 saturated heterocycles. The van der Waals surface area contributed by atoms with E-state index in [1.165, 1.54) is 0 Å². The molecule has 0 aliphatic rings. The van der Waals surface area contributed by atoms with Crippen molar-refractivity contribution >= 4 is 43.5 Å². The lowest BCUT2D eigenvalue weighted by molar-refractivity contribution is 0.304. The number of hydrogen-bond acceptors (Lipinski definition) is 1. The highest BCUT2D eigenvalue weighted by molar-refractivity contribution is 9.10. The van der Waals surface area contributed by atoms with Gasteiger partial charge in [-0.1, -0.05) is 55.6 Å². The summed E-state index contributed by atoms with van der Waals surface area (Å²) in [6, 6.07) is 13.7. The second-order valence-electron chi connectivity index (χ2n) is 3.80. The summed E-state index contributed by atoms with van der Waals surface area (Å²) in [5.74, 6) is 0.858. The van der Waals surface area contributed by atoms with Gasteiger partial charge >= 0.3 is 0 Å². The molecular weight excluding hydrogens is 379 g/mol. The van der Waals surface area contributed by atoms with Crippen molar-refractivity contribution < 1.29 is 4.74 Å². The van der Waals surface area contributed by atoms with E-state index in [-0.39, 0.29) is 0 Å². The molecule has 0 radical (unpaired) electrons. The molecule has 0 aromatic heterocycles. The quantitative estimate of drug-likeness (QED) is 0.620. The van der Waals surface area contributed by atoms with E-state index in [1.54, 1.807) is 0 Å². The normalized spacial score (nSPS) is 10.4. The summed E-state index contributed by atoms with van der Waals surface area (Å²) in [6.07, 6.45) is 0. The Bertz CT molecular complexity index is 543. The predicted molar refractivity (Wildman–Crippen MR) is 82.6 cm³/mol. The first-order valence-electron chi connectivity index (χ1n) is 5.40. The maximum absolute atomic E-state index is 5.95. The van der Waals surface area contributed by atoms with Crippen molar-refractivity contribution in [3.63, 3.8) is 0 Å². The Balaban J connectivity index is 2.10. The largest absolute Gasteiger partial charge is 0.489 e. The number of ether oxygens (including phenoxy) is 1. The molecule has 0 fully saturated rings. The van der Waals surface area contributed by atoms with E-state index in [0.717, 1.165) is 31.7 Å². The van der Waals surface area contributed by atoms with Crippen LogP contribution in [0.1, 0.15) is 11.1 Å². The number of rotatable bonds is 4. The lowest BCUT2D eigenvalue weighted by Crippen LogP contribution is -1.97. The average molecular weight is 391 g/mol. The molecule has 4 heteroatoms. The fraction of sp³-hybridized carbons (Fsp3) is 0.143. The minimum atomic E-state index is 0.543. The van der Waals surface area contributed by atoms with E-state index in [4.69, 9.17) is 16.3 Å². The van der Waals surface area contributed by atoms with Gasteiger partial charge < -0.3 is 4.74 Å². The van der Waals surface area contributed by atoms with E-state index in [9.17, 15) is 0 Å². The second-order valence-corrected chi connectivity index (χ2v) is 5.72. The Morgan fingerprint density at radius 1 is 1.11 bits per heavy atom. The van der Waals surface area contributed by atoms with Crippen LogP contribution in [0.2, 0.25) is 5.02 Å². The number of halogens is 3. The van der Waals surface area contributed by atoms with Crippen LogP contribution in [0, 0.1) is 0 Å². The van der Waals surface area contributed by atoms with Crippen molar-refractivity contribution in [2.75, 3.05) is 0 Å². The van der Waals surface area contributed by atoms with Crippen LogP contribution in [0.5, 0.6) is 5.75 Å². The highest BCUT2D eigenvalue weighted by Crippen LogP contribution is 2.26. The third-order valence-corrected chi connectivity index (χ3v) is 3.78. The summed E-state index contributed by atoms with van der Waals surface area (Å²) in [5, 5.41) is 1.45. The van der Waals surface area contributed by atoms with Crippen LogP contribution < -0.4 is 4.74 Å². The molecule has 2 rings (SSSR count). The molecule has 94 valence electrons. The van der Waals surface area contributed by atoms with E-state index in [2.05, 4.69) is 31.9 Å². The molecule has 2 aromatic carbocycles. The van der Waals surface area contributed by atoms with E-state index < -0.39 is 0 Å². The standard InChI is InChI=1S/C14H11Br2ClO/c15-8-11-7-13(17)4-5-14(11)18-9-10-2-1-3-12(16)6-10/h1-7H,8-9H2. The van der Waals surface area contributed by atoms with Crippen molar-refractivity contribution in [3.8, 4) is 5.75 Å². The molecule has 0 amide bonds. The lowest BCUT2D eigenvalue weighted by atomic mass is 10.2. The molecule has 0 aliphatic heterocycles. The van der Waals surface area contributed by atoms with Crippen LogP contribution in [0.4, 0.5) is 0 Å². The van der Waals surface area contributed by atoms with Gasteiger partial charge in [0.2, 0.25) is 0 Å². The molecule has 0 bridgehead atoms. The van der Waals surface area contributed by atoms with Crippen LogP contribution in [-0.2, 0) is 11.9 Å². The van der Waals surface area contributed by atoms with Gasteiger partial charge in [0, 0.05) is 20.4 Å². The summed E-state index contributed by atoms with van der Waals surface area (Å²) >= 11 is 12.8. The Hall–Kier alpha value is -0.510. The van der Waals surface area contributed by atoms with Crippen molar-refractivity contribution in [2.45, 2.75) is 11.9 Å². The summed E-state index contributed by atoms with van der Waals surface area (Å²) in [6.45, 7) is 0.543. The fourth-order valence-electron chi connectivity index (χ4n) is 1.58. The van der Waals surface area contributed by atoms with Gasteiger partial charge in [0.25, 0.3) is 0 Å². The molecule has 0 atom stereocenters. The van der Waals surface area contributed by atoms with E-state index >= 15 is 0 Å². The highest BCUT2D eigenvalue weighted by atomic mass is 79.9. The molecule has 0 N–H and O–H groups in total. The van der Waals surface area contributed by atoms with Gasteiger partial charge in [0.05, 0.1) is 0 Å². The average Bonchev–Trinajstić information content (AvgIpc) is 2.37. The smallest absolute Gasteiger partial charge is 0.123 e. The Morgan fingerprint density at radius 3 is 2.67 bits per heavy atom. The van der Waals surface area contributed by atoms with Crippen molar-refractivity contribution in [3.05, 3.63) is 63.1 Å². The molecular formula is C14H11Br2ClO. The zero-order valence-corrected chi connectivity index (χ0v) is 13.4. The molecule has 0 saturated carbocycles. The Kier molecular flexibility index (Phi) is 5.10. The molecule has 2 aromatic rings. The van der Waals surface area contributed by atoms with Gasteiger partial charge in [-0.05, 0) is 35.9 Å². The molecule has 0 heterocycles. The zero-order valence-electron chi connectivity index (χ0n) is 9.50. The van der Waals surface area contributed by atoms with Crippen LogP contribution >= 0.6 is 43.5 Å². The monoisotopic (exact) mass is 388 g/mol. The lowest BCUT2D eigenvalue weighted by Gasteiger charge is -2.10. The van der Waals surface area contributed by atoms with Gasteiger partial charge in [0.1, 0.15) is 12.4 Å². The van der Waals surface area contributed by atoms with Crippen molar-refractivity contribution in [1.82, 2.24) is 0 Å². The van der Waals surface area contributed by atoms with E-state index in [0.29, 0.717) is 6.61 Å². The van der Waals surface area contributed by atoms with Gasteiger partial charge in [-0.15, -0.1) is 0 Å². The summed E-state index contributed by atoms with van der Waals surface area (Å²) in [7, 11) is 0. The van der Waals surface area contributed by atoms with E-state index in [1.807, 2.05) is 42.5 Å². The number of alkyl halides is 1. The topological polar surface area (TPSA) is 9.23 Å². The fourth-order valence-corrected chi connectivity index (χ4v) is 2.66. The Morgan fingerprint density at radius 2 is 1.94 bits per heavy atom. The van der Waals surface area contributed by atoms with Crippen LogP contribution in [-0.4, -0.2) is 0 Å². The second kappa shape index (κ2) is 6.60. The molecule has 18 heavy (non-hydrogen) atoms. The first-order valence-corrected chi connectivity index (χ1v) is 7.70. The van der Waals surface area contributed by atoms with Crippen molar-refractivity contribution in [1.29, 1.82) is 0 Å². The summed E-state index contributed by atoms with van der Waals surface area (Å²) in [5.41, 5.74) is 2.18. The number of hydrogen-bond donors (Lipinski definition) is 0. The maximum atomic E-state index is 5.95. The first kappa shape index (κ1) is 13.9. The number of benzene rings is 2. The third kappa shape index (κ3) is 3.74. The molecule has 1 nitrogen and oxygen atoms in total. The summed E-state index contributed by atoms with van der Waals surface area (Å²) < 4.78 is 6.87. The minimum Gasteiger partial charge on any atom is -0.489 e. The first-order chi connectivity index (χ1) is 8.69. The van der Waals surface area contributed by atoms with Gasteiger partial charge in [-0.3, -0.25) is 0 Å². The molecule has 0 aliphatic carbocycles. The van der Waals surface area contributed by atoms with Gasteiger partial charge in [-0.25, -0.2) is 0 Å². The third-order valence-electron chi connectivity index (χ3n) is 2.45. The van der Waals surface area contributed by atoms with Crippen LogP contribution in [0.15, 0.2) is 46.9 Å². The van der Waals surface area contributed by atoms with Gasteiger partial charge in [-0.2, -0.15) is 0 Å². The van der Waals surface area contributed by atoms with Crippen LogP contribution in [0.25, 0.3) is 0 Å². The summed E-state index contributed by atoms with van der Waals surface area (Å²) in [4.78, 5) is 0. The molecule has 0 spiro atoms. The Labute approximate surface area is 128 Å². The predicted octanol–water partition coefficient (Wildman–Crippen LogP) is 5.58. The maximum Gasteiger partial charge on any atom is 0.123 e. The molecule has 0 unspecified atom stereocenters. The van der Waals surface area contributed by atoms with Gasteiger partial charge in [0.15, 0.2) is 0 Å². The SMILES string of the molecule is Clc1ccc(OCc2cccc(Br)c2)c(CBr)c1. The highest BCUT2D eigenvalue weighted by Gasteiger charge is 2.04.